The molecule has 3 N–H and O–H groups in total. The highest BCUT2D eigenvalue weighted by Gasteiger charge is 2.18. The Bertz CT molecular complexity index is 1380. The standard InChI is InChI=1S/C22H24N8O2S/c1-14-9-10-23-19(11-14)28-21-12-20(24-15(2)25-21)27-17-5-7-18(8-6-17)29-33(31,32)22-13-30(4)16(3)26-22/h5-13,29H,1-4H3,(H2,23,24,25,27,28). The minimum absolute atomic E-state index is 0.0238. The highest BCUT2D eigenvalue weighted by molar-refractivity contribution is 7.92. The molecule has 10 nitrogen and oxygen atoms in total. The molecule has 3 aromatic heterocycles. The number of imidazole rings is 1. The highest BCUT2D eigenvalue weighted by atomic mass is 32.2. The van der Waals surface area contributed by atoms with Crippen LogP contribution in [0.5, 0.6) is 0 Å². The van der Waals surface area contributed by atoms with Crippen LogP contribution in [-0.2, 0) is 17.1 Å². The van der Waals surface area contributed by atoms with Gasteiger partial charge in [0.2, 0.25) is 0 Å². The lowest BCUT2D eigenvalue weighted by Gasteiger charge is -2.11. The molecule has 3 heterocycles. The number of hydrogen-bond donors (Lipinski definition) is 3. The van der Waals surface area contributed by atoms with E-state index in [1.165, 1.54) is 6.20 Å². The lowest BCUT2D eigenvalue weighted by Crippen LogP contribution is -2.13. The Balaban J connectivity index is 1.47. The highest BCUT2D eigenvalue weighted by Crippen LogP contribution is 2.22. The fourth-order valence-corrected chi connectivity index (χ4v) is 4.16. The first-order valence-corrected chi connectivity index (χ1v) is 11.6. The number of nitrogens with zero attached hydrogens (tertiary/aromatic N) is 5. The predicted molar refractivity (Wildman–Crippen MR) is 128 cm³/mol. The number of rotatable bonds is 7. The molecule has 4 rings (SSSR count). The summed E-state index contributed by atoms with van der Waals surface area (Å²) in [7, 11) is -2.02. The average molecular weight is 465 g/mol. The Morgan fingerprint density at radius 1 is 0.818 bits per heavy atom. The zero-order valence-corrected chi connectivity index (χ0v) is 19.5. The van der Waals surface area contributed by atoms with Crippen LogP contribution in [0.3, 0.4) is 0 Å². The third-order valence-electron chi connectivity index (χ3n) is 4.78. The Morgan fingerprint density at radius 2 is 1.48 bits per heavy atom. The van der Waals surface area contributed by atoms with Gasteiger partial charge in [0.15, 0.2) is 5.03 Å². The van der Waals surface area contributed by atoms with Crippen molar-refractivity contribution in [3.8, 4) is 0 Å². The molecule has 0 radical (unpaired) electrons. The Hall–Kier alpha value is -3.99. The summed E-state index contributed by atoms with van der Waals surface area (Å²) in [4.78, 5) is 17.2. The van der Waals surface area contributed by atoms with Crippen LogP contribution in [0, 0.1) is 20.8 Å². The van der Waals surface area contributed by atoms with E-state index in [0.29, 0.717) is 34.8 Å². The van der Waals surface area contributed by atoms with Crippen LogP contribution < -0.4 is 15.4 Å². The number of nitrogens with one attached hydrogen (secondary N) is 3. The third kappa shape index (κ3) is 5.44. The second-order valence-corrected chi connectivity index (χ2v) is 9.20. The van der Waals surface area contributed by atoms with Crippen molar-refractivity contribution in [1.29, 1.82) is 0 Å². The molecular weight excluding hydrogens is 440 g/mol. The van der Waals surface area contributed by atoms with Gasteiger partial charge in [0.1, 0.15) is 29.1 Å². The van der Waals surface area contributed by atoms with Gasteiger partial charge < -0.3 is 15.2 Å². The fraction of sp³-hybridized carbons (Fsp3) is 0.182. The number of pyridine rings is 1. The number of hydrogen-bond acceptors (Lipinski definition) is 8. The van der Waals surface area contributed by atoms with E-state index >= 15 is 0 Å². The maximum Gasteiger partial charge on any atom is 0.280 e. The van der Waals surface area contributed by atoms with Crippen LogP contribution in [0.2, 0.25) is 0 Å². The van der Waals surface area contributed by atoms with Crippen molar-refractivity contribution >= 4 is 38.9 Å². The van der Waals surface area contributed by atoms with Crippen LogP contribution in [-0.4, -0.2) is 32.9 Å². The van der Waals surface area contributed by atoms with Crippen molar-refractivity contribution in [1.82, 2.24) is 24.5 Å². The minimum Gasteiger partial charge on any atom is -0.340 e. The van der Waals surface area contributed by atoms with Gasteiger partial charge in [-0.25, -0.2) is 19.9 Å². The summed E-state index contributed by atoms with van der Waals surface area (Å²) >= 11 is 0. The maximum absolute atomic E-state index is 12.6. The van der Waals surface area contributed by atoms with E-state index in [1.54, 1.807) is 62.0 Å². The lowest BCUT2D eigenvalue weighted by atomic mass is 10.3. The van der Waals surface area contributed by atoms with E-state index in [1.807, 2.05) is 19.1 Å². The van der Waals surface area contributed by atoms with E-state index in [0.717, 1.165) is 11.3 Å². The smallest absolute Gasteiger partial charge is 0.280 e. The molecule has 1 aromatic carbocycles. The largest absolute Gasteiger partial charge is 0.340 e. The molecule has 0 spiro atoms. The summed E-state index contributed by atoms with van der Waals surface area (Å²) in [6, 6.07) is 12.5. The van der Waals surface area contributed by atoms with Crippen molar-refractivity contribution in [3.05, 3.63) is 72.1 Å². The summed E-state index contributed by atoms with van der Waals surface area (Å²) in [5.74, 6) is 3.10. The predicted octanol–water partition coefficient (Wildman–Crippen LogP) is 3.82. The zero-order valence-electron chi connectivity index (χ0n) is 18.7. The fourth-order valence-electron chi connectivity index (χ4n) is 3.06. The van der Waals surface area contributed by atoms with E-state index in [9.17, 15) is 8.42 Å². The summed E-state index contributed by atoms with van der Waals surface area (Å²) in [6.07, 6.45) is 3.21. The molecule has 0 bridgehead atoms. The van der Waals surface area contributed by atoms with Gasteiger partial charge in [-0.15, -0.1) is 0 Å². The molecule has 4 aromatic rings. The second-order valence-electron chi connectivity index (χ2n) is 7.57. The van der Waals surface area contributed by atoms with Gasteiger partial charge in [0.25, 0.3) is 10.0 Å². The number of aromatic nitrogens is 5. The Labute approximate surface area is 192 Å². The van der Waals surface area contributed by atoms with E-state index in [4.69, 9.17) is 0 Å². The summed E-state index contributed by atoms with van der Waals surface area (Å²) in [6.45, 7) is 5.54. The monoisotopic (exact) mass is 464 g/mol. The van der Waals surface area contributed by atoms with Crippen LogP contribution in [0.15, 0.2) is 59.9 Å². The Morgan fingerprint density at radius 3 is 2.12 bits per heavy atom. The molecule has 11 heteroatoms. The van der Waals surface area contributed by atoms with Crippen molar-refractivity contribution in [2.75, 3.05) is 15.4 Å². The van der Waals surface area contributed by atoms with Crippen molar-refractivity contribution in [2.24, 2.45) is 7.05 Å². The van der Waals surface area contributed by atoms with Gasteiger partial charge in [-0.1, -0.05) is 0 Å². The molecule has 0 fully saturated rings. The first-order valence-electron chi connectivity index (χ1n) is 10.1. The molecule has 0 saturated carbocycles. The van der Waals surface area contributed by atoms with Gasteiger partial charge in [-0.2, -0.15) is 8.42 Å². The van der Waals surface area contributed by atoms with Crippen LogP contribution >= 0.6 is 0 Å². The van der Waals surface area contributed by atoms with Gasteiger partial charge in [-0.05, 0) is 62.7 Å². The molecule has 0 aliphatic carbocycles. The number of anilines is 5. The van der Waals surface area contributed by atoms with Crippen LogP contribution in [0.4, 0.5) is 28.8 Å². The third-order valence-corrected chi connectivity index (χ3v) is 6.03. The summed E-state index contributed by atoms with van der Waals surface area (Å²) in [5, 5.41) is 6.37. The topological polar surface area (TPSA) is 127 Å². The molecular formula is C22H24N8O2S. The number of aryl methyl sites for hydroxylation is 4. The summed E-state index contributed by atoms with van der Waals surface area (Å²) in [5.41, 5.74) is 2.26. The van der Waals surface area contributed by atoms with Crippen LogP contribution in [0.25, 0.3) is 0 Å². The quantitative estimate of drug-likeness (QED) is 0.377. The van der Waals surface area contributed by atoms with Crippen molar-refractivity contribution in [2.45, 2.75) is 25.8 Å². The van der Waals surface area contributed by atoms with Gasteiger partial charge >= 0.3 is 0 Å². The minimum atomic E-state index is -3.77. The normalized spacial score (nSPS) is 11.3. The van der Waals surface area contributed by atoms with Gasteiger partial charge in [0.05, 0.1) is 0 Å². The van der Waals surface area contributed by atoms with Gasteiger partial charge in [-0.3, -0.25) is 4.72 Å². The van der Waals surface area contributed by atoms with E-state index in [2.05, 4.69) is 35.3 Å². The van der Waals surface area contributed by atoms with Gasteiger partial charge in [0, 0.05) is 36.9 Å². The van der Waals surface area contributed by atoms with Crippen molar-refractivity contribution in [3.63, 3.8) is 0 Å². The number of benzene rings is 1. The Kier molecular flexibility index (Phi) is 5.97. The molecule has 0 saturated heterocycles. The molecule has 0 amide bonds. The van der Waals surface area contributed by atoms with Crippen molar-refractivity contribution < 1.29 is 8.42 Å². The number of sulfonamides is 1. The SMILES string of the molecule is Cc1ccnc(Nc2cc(Nc3ccc(NS(=O)(=O)c4cn(C)c(C)n4)cc3)nc(C)n2)c1. The first-order chi connectivity index (χ1) is 15.7. The zero-order chi connectivity index (χ0) is 23.6. The summed E-state index contributed by atoms with van der Waals surface area (Å²) < 4.78 is 29.3. The lowest BCUT2D eigenvalue weighted by molar-refractivity contribution is 0.598. The molecule has 33 heavy (non-hydrogen) atoms. The molecule has 170 valence electrons. The molecule has 0 aliphatic rings. The van der Waals surface area contributed by atoms with E-state index in [-0.39, 0.29) is 5.03 Å². The molecule has 0 aliphatic heterocycles. The second kappa shape index (κ2) is 8.87. The average Bonchev–Trinajstić information content (AvgIpc) is 3.08. The van der Waals surface area contributed by atoms with Crippen LogP contribution in [0.1, 0.15) is 17.2 Å². The van der Waals surface area contributed by atoms with E-state index < -0.39 is 10.0 Å². The maximum atomic E-state index is 12.6. The first kappa shape index (κ1) is 22.2. The molecule has 0 unspecified atom stereocenters. The molecule has 0 atom stereocenters.